The number of anilines is 2. The van der Waals surface area contributed by atoms with Gasteiger partial charge >= 0.3 is 6.03 Å². The summed E-state index contributed by atoms with van der Waals surface area (Å²) in [6.07, 6.45) is 1.93. The van der Waals surface area contributed by atoms with Crippen molar-refractivity contribution < 1.29 is 9.18 Å². The van der Waals surface area contributed by atoms with E-state index in [1.807, 2.05) is 18.2 Å². The van der Waals surface area contributed by atoms with E-state index in [0.717, 1.165) is 23.2 Å². The predicted octanol–water partition coefficient (Wildman–Crippen LogP) is 4.42. The molecule has 2 aromatic carbocycles. The number of benzene rings is 2. The standard InChI is InChI=1S/C17H14FN3OS/c18-12-7-8-13-15(10-12)23-16(19-13)20-17(22)21-9-3-5-11-4-1-2-6-14(11)21/h1-2,4,6-8,10H,3,5,9H2,(H,19,20,22). The number of fused-ring (bicyclic) bond motifs is 2. The van der Waals surface area contributed by atoms with Crippen LogP contribution in [0.25, 0.3) is 10.2 Å². The second-order valence-corrected chi connectivity index (χ2v) is 6.48. The van der Waals surface area contributed by atoms with Gasteiger partial charge in [-0.1, -0.05) is 29.5 Å². The van der Waals surface area contributed by atoms with Crippen LogP contribution in [0.2, 0.25) is 0 Å². The van der Waals surface area contributed by atoms with E-state index in [4.69, 9.17) is 0 Å². The van der Waals surface area contributed by atoms with Gasteiger partial charge in [-0.25, -0.2) is 14.2 Å². The van der Waals surface area contributed by atoms with Gasteiger partial charge in [-0.3, -0.25) is 10.2 Å². The molecule has 1 aliphatic heterocycles. The first kappa shape index (κ1) is 14.1. The van der Waals surface area contributed by atoms with Crippen LogP contribution in [0.15, 0.2) is 42.5 Å². The Morgan fingerprint density at radius 2 is 2.13 bits per heavy atom. The average molecular weight is 327 g/mol. The molecule has 0 aliphatic carbocycles. The number of rotatable bonds is 1. The Kier molecular flexibility index (Phi) is 3.46. The Morgan fingerprint density at radius 1 is 1.26 bits per heavy atom. The molecule has 0 spiro atoms. The summed E-state index contributed by atoms with van der Waals surface area (Å²) < 4.78 is 14.0. The van der Waals surface area contributed by atoms with E-state index in [2.05, 4.69) is 16.4 Å². The highest BCUT2D eigenvalue weighted by molar-refractivity contribution is 7.22. The van der Waals surface area contributed by atoms with Crippen molar-refractivity contribution in [3.8, 4) is 0 Å². The number of nitrogens with zero attached hydrogens (tertiary/aromatic N) is 2. The Balaban J connectivity index is 1.60. The third kappa shape index (κ3) is 2.66. The maximum Gasteiger partial charge on any atom is 0.328 e. The highest BCUT2D eigenvalue weighted by atomic mass is 32.1. The summed E-state index contributed by atoms with van der Waals surface area (Å²) in [7, 11) is 0. The quantitative estimate of drug-likeness (QED) is 0.719. The Labute approximate surface area is 136 Å². The molecule has 116 valence electrons. The molecule has 0 fully saturated rings. The van der Waals surface area contributed by atoms with Crippen molar-refractivity contribution in [1.82, 2.24) is 4.98 Å². The number of aryl methyl sites for hydroxylation is 1. The Bertz CT molecular complexity index is 892. The molecule has 23 heavy (non-hydrogen) atoms. The van der Waals surface area contributed by atoms with Gasteiger partial charge < -0.3 is 0 Å². The summed E-state index contributed by atoms with van der Waals surface area (Å²) in [5, 5.41) is 3.32. The first-order chi connectivity index (χ1) is 11.2. The first-order valence-electron chi connectivity index (χ1n) is 7.43. The van der Waals surface area contributed by atoms with Gasteiger partial charge in [0.15, 0.2) is 5.13 Å². The molecule has 0 atom stereocenters. The Hall–Kier alpha value is -2.47. The molecule has 0 radical (unpaired) electrons. The summed E-state index contributed by atoms with van der Waals surface area (Å²) in [4.78, 5) is 18.7. The molecule has 2 heterocycles. The molecule has 1 aromatic heterocycles. The first-order valence-corrected chi connectivity index (χ1v) is 8.25. The number of carbonyl (C=O) groups is 1. The van der Waals surface area contributed by atoms with E-state index in [9.17, 15) is 9.18 Å². The fourth-order valence-electron chi connectivity index (χ4n) is 2.86. The van der Waals surface area contributed by atoms with E-state index in [0.29, 0.717) is 17.2 Å². The van der Waals surface area contributed by atoms with E-state index in [1.54, 1.807) is 11.0 Å². The molecule has 0 bridgehead atoms. The van der Waals surface area contributed by atoms with Crippen LogP contribution in [0.1, 0.15) is 12.0 Å². The molecule has 4 rings (SSSR count). The monoisotopic (exact) mass is 327 g/mol. The van der Waals surface area contributed by atoms with Gasteiger partial charge in [-0.05, 0) is 42.7 Å². The number of amides is 2. The van der Waals surface area contributed by atoms with Crippen molar-refractivity contribution in [3.63, 3.8) is 0 Å². The van der Waals surface area contributed by atoms with Crippen molar-refractivity contribution in [2.45, 2.75) is 12.8 Å². The van der Waals surface area contributed by atoms with Crippen LogP contribution in [0.5, 0.6) is 0 Å². The maximum atomic E-state index is 13.2. The lowest BCUT2D eigenvalue weighted by atomic mass is 10.0. The van der Waals surface area contributed by atoms with Crippen LogP contribution in [0.4, 0.5) is 20.0 Å². The summed E-state index contributed by atoms with van der Waals surface area (Å²) in [5.74, 6) is -0.302. The summed E-state index contributed by atoms with van der Waals surface area (Å²) in [6.45, 7) is 0.683. The molecule has 0 saturated carbocycles. The number of hydrogen-bond donors (Lipinski definition) is 1. The van der Waals surface area contributed by atoms with Gasteiger partial charge in [-0.2, -0.15) is 0 Å². The SMILES string of the molecule is O=C(Nc1nc2ccc(F)cc2s1)N1CCCc2ccccc21. The lowest BCUT2D eigenvalue weighted by Crippen LogP contribution is -2.38. The molecule has 0 unspecified atom stereocenters. The molecule has 0 saturated heterocycles. The average Bonchev–Trinajstić information content (AvgIpc) is 2.95. The van der Waals surface area contributed by atoms with Gasteiger partial charge in [0.2, 0.25) is 0 Å². The zero-order valence-electron chi connectivity index (χ0n) is 12.3. The number of hydrogen-bond acceptors (Lipinski definition) is 3. The number of aromatic nitrogens is 1. The third-order valence-electron chi connectivity index (χ3n) is 3.92. The van der Waals surface area contributed by atoms with Gasteiger partial charge in [0.1, 0.15) is 5.82 Å². The predicted molar refractivity (Wildman–Crippen MR) is 90.7 cm³/mol. The summed E-state index contributed by atoms with van der Waals surface area (Å²) in [6, 6.07) is 12.2. The van der Waals surface area contributed by atoms with Gasteiger partial charge in [-0.15, -0.1) is 0 Å². The summed E-state index contributed by atoms with van der Waals surface area (Å²) in [5.41, 5.74) is 2.81. The van der Waals surface area contributed by atoms with E-state index >= 15 is 0 Å². The highest BCUT2D eigenvalue weighted by Crippen LogP contribution is 2.29. The maximum absolute atomic E-state index is 13.2. The molecule has 2 amide bonds. The van der Waals surface area contributed by atoms with E-state index in [-0.39, 0.29) is 11.8 Å². The largest absolute Gasteiger partial charge is 0.328 e. The fraction of sp³-hybridized carbons (Fsp3) is 0.176. The molecular weight excluding hydrogens is 313 g/mol. The van der Waals surface area contributed by atoms with Gasteiger partial charge in [0, 0.05) is 12.2 Å². The minimum atomic E-state index is -0.302. The second kappa shape index (κ2) is 5.62. The van der Waals surface area contributed by atoms with Crippen LogP contribution in [0, 0.1) is 5.82 Å². The van der Waals surface area contributed by atoms with Crippen molar-refractivity contribution in [1.29, 1.82) is 0 Å². The van der Waals surface area contributed by atoms with Crippen LogP contribution in [0.3, 0.4) is 0 Å². The number of carbonyl (C=O) groups excluding carboxylic acids is 1. The van der Waals surface area contributed by atoms with Crippen molar-refractivity contribution in [2.24, 2.45) is 0 Å². The van der Waals surface area contributed by atoms with Crippen molar-refractivity contribution >= 4 is 38.4 Å². The lowest BCUT2D eigenvalue weighted by Gasteiger charge is -2.29. The minimum absolute atomic E-state index is 0.198. The number of para-hydroxylation sites is 1. The number of halogens is 1. The molecule has 1 aliphatic rings. The smallest absolute Gasteiger partial charge is 0.294 e. The van der Waals surface area contributed by atoms with E-state index < -0.39 is 0 Å². The summed E-state index contributed by atoms with van der Waals surface area (Å²) >= 11 is 1.28. The second-order valence-electron chi connectivity index (χ2n) is 5.45. The van der Waals surface area contributed by atoms with Gasteiger partial charge in [0.25, 0.3) is 0 Å². The zero-order chi connectivity index (χ0) is 15.8. The highest BCUT2D eigenvalue weighted by Gasteiger charge is 2.22. The fourth-order valence-corrected chi connectivity index (χ4v) is 3.74. The third-order valence-corrected chi connectivity index (χ3v) is 4.85. The van der Waals surface area contributed by atoms with E-state index in [1.165, 1.54) is 29.0 Å². The zero-order valence-corrected chi connectivity index (χ0v) is 13.1. The van der Waals surface area contributed by atoms with Crippen LogP contribution in [-0.2, 0) is 6.42 Å². The molecule has 1 N–H and O–H groups in total. The van der Waals surface area contributed by atoms with Crippen LogP contribution >= 0.6 is 11.3 Å². The number of urea groups is 1. The minimum Gasteiger partial charge on any atom is -0.294 e. The lowest BCUT2D eigenvalue weighted by molar-refractivity contribution is 0.256. The molecule has 6 heteroatoms. The molecular formula is C17H14FN3OS. The van der Waals surface area contributed by atoms with Gasteiger partial charge in [0.05, 0.1) is 10.2 Å². The topological polar surface area (TPSA) is 45.2 Å². The molecule has 4 nitrogen and oxygen atoms in total. The molecule has 3 aromatic rings. The number of nitrogens with one attached hydrogen (secondary N) is 1. The normalized spacial score (nSPS) is 13.9. The Morgan fingerprint density at radius 3 is 3.04 bits per heavy atom. The van der Waals surface area contributed by atoms with Crippen molar-refractivity contribution in [2.75, 3.05) is 16.8 Å². The number of thiazole rings is 1. The van der Waals surface area contributed by atoms with Crippen LogP contribution < -0.4 is 10.2 Å². The van der Waals surface area contributed by atoms with Crippen molar-refractivity contribution in [3.05, 3.63) is 53.8 Å². The van der Waals surface area contributed by atoms with Crippen LogP contribution in [-0.4, -0.2) is 17.6 Å².